The fourth-order valence-electron chi connectivity index (χ4n) is 3.95. The summed E-state index contributed by atoms with van der Waals surface area (Å²) in [5.41, 5.74) is 3.96. The predicted molar refractivity (Wildman–Crippen MR) is 130 cm³/mol. The second-order valence-electron chi connectivity index (χ2n) is 7.87. The summed E-state index contributed by atoms with van der Waals surface area (Å²) in [4.78, 5) is 30.9. The van der Waals surface area contributed by atoms with Gasteiger partial charge in [-0.15, -0.1) is 0 Å². The lowest BCUT2D eigenvalue weighted by Gasteiger charge is -2.18. The van der Waals surface area contributed by atoms with Crippen LogP contribution in [0, 0.1) is 13.8 Å². The molecule has 0 saturated heterocycles. The molecule has 9 nitrogen and oxygen atoms in total. The molecule has 1 aliphatic heterocycles. The highest BCUT2D eigenvalue weighted by Crippen LogP contribution is 2.35. The Bertz CT molecular complexity index is 1210. The van der Waals surface area contributed by atoms with Gasteiger partial charge in [-0.05, 0) is 63.8 Å². The normalized spacial score (nSPS) is 14.6. The van der Waals surface area contributed by atoms with Crippen molar-refractivity contribution in [2.45, 2.75) is 32.6 Å². The number of H-pyrrole nitrogens is 1. The number of aromatic amines is 1. The van der Waals surface area contributed by atoms with E-state index in [0.717, 1.165) is 25.2 Å². The maximum Gasteiger partial charge on any atom is 0.256 e. The molecule has 1 aliphatic rings. The summed E-state index contributed by atoms with van der Waals surface area (Å²) in [6.45, 7) is 11.0. The molecular weight excluding hydrogens is 442 g/mol. The minimum atomic E-state index is -3.66. The number of hydrogen-bond acceptors (Lipinski definition) is 5. The molecule has 0 spiro atoms. The van der Waals surface area contributed by atoms with Crippen LogP contribution in [-0.2, 0) is 14.8 Å². The zero-order chi connectivity index (χ0) is 24.3. The summed E-state index contributed by atoms with van der Waals surface area (Å²) < 4.78 is 26.7. The minimum absolute atomic E-state index is 0.0683. The van der Waals surface area contributed by atoms with Crippen LogP contribution in [0.3, 0.4) is 0 Å². The summed E-state index contributed by atoms with van der Waals surface area (Å²) in [7, 11) is -2.32. The summed E-state index contributed by atoms with van der Waals surface area (Å²) in [6.07, 6.45) is 1.66. The molecule has 0 bridgehead atoms. The SMILES string of the molecule is CCN(CC)CCNC(=O)c1c(C)[nH]c(C=C2C(=O)Nc3ccc(S(=O)(=O)NC)cc32)c1C. The smallest absolute Gasteiger partial charge is 0.256 e. The maximum atomic E-state index is 12.8. The van der Waals surface area contributed by atoms with E-state index in [2.05, 4.69) is 39.1 Å². The molecule has 0 aliphatic carbocycles. The molecule has 0 atom stereocenters. The Morgan fingerprint density at radius 3 is 2.52 bits per heavy atom. The summed E-state index contributed by atoms with van der Waals surface area (Å²) in [6, 6.07) is 4.48. The van der Waals surface area contributed by atoms with Gasteiger partial charge in [-0.1, -0.05) is 13.8 Å². The van der Waals surface area contributed by atoms with Gasteiger partial charge < -0.3 is 20.5 Å². The van der Waals surface area contributed by atoms with Gasteiger partial charge in [0.15, 0.2) is 0 Å². The number of rotatable bonds is 9. The number of likely N-dealkylation sites (N-methyl/N-ethyl adjacent to an activating group) is 1. The highest BCUT2D eigenvalue weighted by molar-refractivity contribution is 7.89. The first-order valence-corrected chi connectivity index (χ1v) is 12.4. The van der Waals surface area contributed by atoms with Gasteiger partial charge in [-0.2, -0.15) is 0 Å². The van der Waals surface area contributed by atoms with E-state index in [1.54, 1.807) is 12.1 Å². The van der Waals surface area contributed by atoms with Crippen LogP contribution < -0.4 is 15.4 Å². The molecule has 2 amide bonds. The first-order chi connectivity index (χ1) is 15.6. The van der Waals surface area contributed by atoms with E-state index in [1.807, 2.05) is 13.8 Å². The molecule has 1 aromatic carbocycles. The van der Waals surface area contributed by atoms with Crippen molar-refractivity contribution in [2.24, 2.45) is 0 Å². The second-order valence-corrected chi connectivity index (χ2v) is 9.76. The third-order valence-corrected chi connectivity index (χ3v) is 7.36. The van der Waals surface area contributed by atoms with Crippen LogP contribution in [0.4, 0.5) is 5.69 Å². The van der Waals surface area contributed by atoms with Crippen molar-refractivity contribution < 1.29 is 18.0 Å². The van der Waals surface area contributed by atoms with E-state index in [0.29, 0.717) is 40.3 Å². The first-order valence-electron chi connectivity index (χ1n) is 10.9. The number of aromatic nitrogens is 1. The third kappa shape index (κ3) is 5.02. The van der Waals surface area contributed by atoms with Crippen LogP contribution in [0.25, 0.3) is 11.6 Å². The van der Waals surface area contributed by atoms with Gasteiger partial charge in [-0.3, -0.25) is 9.59 Å². The number of nitrogens with one attached hydrogen (secondary N) is 4. The number of benzene rings is 1. The zero-order valence-corrected chi connectivity index (χ0v) is 20.4. The Morgan fingerprint density at radius 2 is 1.88 bits per heavy atom. The number of sulfonamides is 1. The maximum absolute atomic E-state index is 12.8. The number of anilines is 1. The Hall–Kier alpha value is -2.95. The average molecular weight is 474 g/mol. The topological polar surface area (TPSA) is 123 Å². The quantitative estimate of drug-likeness (QED) is 0.415. The van der Waals surface area contributed by atoms with Gasteiger partial charge in [-0.25, -0.2) is 13.1 Å². The van der Waals surface area contributed by atoms with Gasteiger partial charge in [0.1, 0.15) is 0 Å². The van der Waals surface area contributed by atoms with Crippen LogP contribution in [0.15, 0.2) is 23.1 Å². The number of carbonyl (C=O) groups is 2. The number of nitrogens with zero attached hydrogens (tertiary/aromatic N) is 1. The van der Waals surface area contributed by atoms with E-state index in [-0.39, 0.29) is 16.7 Å². The van der Waals surface area contributed by atoms with Crippen molar-refractivity contribution in [2.75, 3.05) is 38.5 Å². The van der Waals surface area contributed by atoms with Gasteiger partial charge >= 0.3 is 0 Å². The molecule has 0 radical (unpaired) electrons. The fraction of sp³-hybridized carbons (Fsp3) is 0.391. The molecule has 0 saturated carbocycles. The van der Waals surface area contributed by atoms with Crippen molar-refractivity contribution >= 4 is 39.2 Å². The number of amides is 2. The molecule has 33 heavy (non-hydrogen) atoms. The van der Waals surface area contributed by atoms with E-state index in [1.165, 1.54) is 19.2 Å². The Labute approximate surface area is 194 Å². The number of aryl methyl sites for hydroxylation is 1. The zero-order valence-electron chi connectivity index (χ0n) is 19.6. The van der Waals surface area contributed by atoms with Gasteiger partial charge in [0.2, 0.25) is 10.0 Å². The molecule has 1 aromatic heterocycles. The molecule has 0 fully saturated rings. The van der Waals surface area contributed by atoms with Crippen molar-refractivity contribution in [1.82, 2.24) is 19.9 Å². The first kappa shape index (κ1) is 24.7. The average Bonchev–Trinajstić information content (AvgIpc) is 3.25. The number of carbonyl (C=O) groups excluding carboxylic acids is 2. The summed E-state index contributed by atoms with van der Waals surface area (Å²) in [5, 5.41) is 5.72. The largest absolute Gasteiger partial charge is 0.358 e. The Balaban J connectivity index is 1.91. The van der Waals surface area contributed by atoms with Crippen LogP contribution in [0.2, 0.25) is 0 Å². The van der Waals surface area contributed by atoms with Crippen molar-refractivity contribution in [3.05, 3.63) is 46.3 Å². The monoisotopic (exact) mass is 473 g/mol. The van der Waals surface area contributed by atoms with Crippen LogP contribution in [0.1, 0.15) is 46.7 Å². The predicted octanol–water partition coefficient (Wildman–Crippen LogP) is 2.10. The highest BCUT2D eigenvalue weighted by Gasteiger charge is 2.27. The summed E-state index contributed by atoms with van der Waals surface area (Å²) in [5.74, 6) is -0.502. The number of hydrogen-bond donors (Lipinski definition) is 4. The Kier molecular flexibility index (Phi) is 7.41. The van der Waals surface area contributed by atoms with E-state index in [9.17, 15) is 18.0 Å². The second kappa shape index (κ2) is 9.90. The molecule has 2 heterocycles. The summed E-state index contributed by atoms with van der Waals surface area (Å²) >= 11 is 0. The van der Waals surface area contributed by atoms with E-state index in [4.69, 9.17) is 0 Å². The van der Waals surface area contributed by atoms with Crippen molar-refractivity contribution in [1.29, 1.82) is 0 Å². The molecule has 2 aromatic rings. The Morgan fingerprint density at radius 1 is 1.18 bits per heavy atom. The lowest BCUT2D eigenvalue weighted by atomic mass is 10.0. The standard InChI is InChI=1S/C23H31N5O4S/c1-6-28(7-2)11-10-25-23(30)21-14(3)20(26-15(21)4)13-18-17-12-16(33(31,32)24-5)8-9-19(17)27-22(18)29/h8-9,12-13,24,26H,6-7,10-11H2,1-5H3,(H,25,30)(H,27,29). The van der Waals surface area contributed by atoms with Crippen LogP contribution >= 0.6 is 0 Å². The lowest BCUT2D eigenvalue weighted by Crippen LogP contribution is -2.35. The van der Waals surface area contributed by atoms with Crippen LogP contribution in [-0.4, -0.2) is 63.3 Å². The lowest BCUT2D eigenvalue weighted by molar-refractivity contribution is -0.110. The van der Waals surface area contributed by atoms with Crippen molar-refractivity contribution in [3.8, 4) is 0 Å². The van der Waals surface area contributed by atoms with Gasteiger partial charge in [0.25, 0.3) is 11.8 Å². The molecule has 0 unspecified atom stereocenters. The minimum Gasteiger partial charge on any atom is -0.358 e. The molecule has 10 heteroatoms. The molecule has 4 N–H and O–H groups in total. The van der Waals surface area contributed by atoms with Crippen LogP contribution in [0.5, 0.6) is 0 Å². The van der Waals surface area contributed by atoms with Gasteiger partial charge in [0.05, 0.1) is 16.0 Å². The molecule has 3 rings (SSSR count). The van der Waals surface area contributed by atoms with E-state index >= 15 is 0 Å². The number of fused-ring (bicyclic) bond motifs is 1. The van der Waals surface area contributed by atoms with E-state index < -0.39 is 10.0 Å². The highest BCUT2D eigenvalue weighted by atomic mass is 32.2. The van der Waals surface area contributed by atoms with Gasteiger partial charge in [0, 0.05) is 35.7 Å². The molecular formula is C23H31N5O4S. The molecule has 178 valence electrons. The fourth-order valence-corrected chi connectivity index (χ4v) is 4.71. The third-order valence-electron chi connectivity index (χ3n) is 5.95. The van der Waals surface area contributed by atoms with Crippen molar-refractivity contribution in [3.63, 3.8) is 0 Å².